The van der Waals surface area contributed by atoms with E-state index in [1.165, 1.54) is 0 Å². The summed E-state index contributed by atoms with van der Waals surface area (Å²) in [5.74, 6) is -0.175. The number of rotatable bonds is 4. The van der Waals surface area contributed by atoms with E-state index in [9.17, 15) is 0 Å². The van der Waals surface area contributed by atoms with E-state index in [0.29, 0.717) is 16.8 Å². The summed E-state index contributed by atoms with van der Waals surface area (Å²) >= 11 is 0. The van der Waals surface area contributed by atoms with E-state index in [2.05, 4.69) is 19.6 Å². The molecule has 0 radical (unpaired) electrons. The van der Waals surface area contributed by atoms with Crippen molar-refractivity contribution in [2.45, 2.75) is 72.9 Å². The first-order chi connectivity index (χ1) is 13.4. The predicted octanol–water partition coefficient (Wildman–Crippen LogP) is 6.10. The van der Waals surface area contributed by atoms with Crippen molar-refractivity contribution in [3.05, 3.63) is 47.2 Å². The third-order valence-electron chi connectivity index (χ3n) is 4.28. The van der Waals surface area contributed by atoms with E-state index in [1.54, 1.807) is 12.1 Å². The maximum absolute atomic E-state index is 8.75. The molecule has 0 aliphatic rings. The van der Waals surface area contributed by atoms with Crippen molar-refractivity contribution in [1.29, 1.82) is 0 Å². The van der Waals surface area contributed by atoms with Gasteiger partial charge < -0.3 is 0 Å². The Bertz CT molecular complexity index is 919. The summed E-state index contributed by atoms with van der Waals surface area (Å²) in [6.07, 6.45) is 0.365. The van der Waals surface area contributed by atoms with Crippen LogP contribution >= 0.6 is 0 Å². The maximum atomic E-state index is 8.75. The van der Waals surface area contributed by atoms with Gasteiger partial charge in [0.2, 0.25) is 0 Å². The zero-order valence-corrected chi connectivity index (χ0v) is 17.9. The third kappa shape index (κ3) is 4.82. The molecular weight excluding hydrogens is 318 g/mol. The second-order valence-corrected chi connectivity index (χ2v) is 14.2. The Morgan fingerprint density at radius 2 is 1.84 bits per heavy atom. The van der Waals surface area contributed by atoms with Gasteiger partial charge in [-0.3, -0.25) is 4.98 Å². The number of nitrogens with zero attached hydrogens (tertiary/aromatic N) is 1. The van der Waals surface area contributed by atoms with Gasteiger partial charge in [0.1, 0.15) is 0 Å². The van der Waals surface area contributed by atoms with Crippen LogP contribution in [0.15, 0.2) is 30.5 Å². The summed E-state index contributed by atoms with van der Waals surface area (Å²) in [7, 11) is -1.81. The number of aryl methyl sites for hydroxylation is 1. The van der Waals surface area contributed by atoms with Crippen LogP contribution in [0.2, 0.25) is 19.6 Å². The molecule has 136 valence electrons. The normalized spacial score (nSPS) is 16.8. The van der Waals surface area contributed by atoms with Gasteiger partial charge in [0.25, 0.3) is 0 Å². The van der Waals surface area contributed by atoms with Gasteiger partial charge in [0, 0.05) is 18.6 Å². The van der Waals surface area contributed by atoms with Gasteiger partial charge in [0.05, 0.1) is 13.8 Å². The fourth-order valence-electron chi connectivity index (χ4n) is 2.97. The standard InChI is InChI=1S/C23H35NSi/c1-16(2)12-19-14-21(24-15-22(19)25(7,8)9)18-11-10-17(3)20(13-18)23(4,5)6/h10-11,13-16H,12H2,1-9H3/i3D3,12D2. The molecule has 25 heavy (non-hydrogen) atoms. The predicted molar refractivity (Wildman–Crippen MR) is 115 cm³/mol. The van der Waals surface area contributed by atoms with Gasteiger partial charge in [-0.1, -0.05) is 66.4 Å². The molecule has 0 aliphatic carbocycles. The Labute approximate surface area is 162 Å². The van der Waals surface area contributed by atoms with Crippen molar-refractivity contribution < 1.29 is 6.85 Å². The molecule has 1 nitrogen and oxygen atoms in total. The van der Waals surface area contributed by atoms with Crippen LogP contribution in [0.3, 0.4) is 0 Å². The molecule has 0 N–H and O–H groups in total. The second kappa shape index (κ2) is 7.07. The highest BCUT2D eigenvalue weighted by Crippen LogP contribution is 2.30. The van der Waals surface area contributed by atoms with E-state index in [4.69, 9.17) is 11.8 Å². The van der Waals surface area contributed by atoms with Crippen molar-refractivity contribution in [2.75, 3.05) is 0 Å². The molecular formula is C23H35NSi. The topological polar surface area (TPSA) is 12.9 Å². The van der Waals surface area contributed by atoms with Crippen LogP contribution in [0.1, 0.15) is 58.2 Å². The summed E-state index contributed by atoms with van der Waals surface area (Å²) < 4.78 is 41.2. The first-order valence-corrected chi connectivity index (χ1v) is 12.5. The monoisotopic (exact) mass is 358 g/mol. The van der Waals surface area contributed by atoms with Gasteiger partial charge >= 0.3 is 0 Å². The molecule has 0 fully saturated rings. The van der Waals surface area contributed by atoms with Crippen LogP contribution in [0.4, 0.5) is 0 Å². The third-order valence-corrected chi connectivity index (χ3v) is 6.29. The van der Waals surface area contributed by atoms with Gasteiger partial charge in [-0.25, -0.2) is 0 Å². The lowest BCUT2D eigenvalue weighted by Gasteiger charge is -2.24. The number of pyridine rings is 1. The highest BCUT2D eigenvalue weighted by Gasteiger charge is 2.22. The molecule has 0 unspecified atom stereocenters. The lowest BCUT2D eigenvalue weighted by Crippen LogP contribution is -2.40. The minimum absolute atomic E-state index is 0.175. The van der Waals surface area contributed by atoms with Gasteiger partial charge in [-0.2, -0.15) is 0 Å². The molecule has 1 aromatic carbocycles. The van der Waals surface area contributed by atoms with Crippen LogP contribution < -0.4 is 5.19 Å². The molecule has 0 bridgehead atoms. The number of aromatic nitrogens is 1. The Hall–Kier alpha value is -1.41. The minimum Gasteiger partial charge on any atom is -0.256 e. The lowest BCUT2D eigenvalue weighted by atomic mass is 9.83. The highest BCUT2D eigenvalue weighted by molar-refractivity contribution is 6.89. The molecule has 0 atom stereocenters. The number of hydrogen-bond donors (Lipinski definition) is 0. The van der Waals surface area contributed by atoms with Crippen LogP contribution in [0.5, 0.6) is 0 Å². The Kier molecular flexibility index (Phi) is 3.89. The fourth-order valence-corrected chi connectivity index (χ4v) is 4.37. The Balaban J connectivity index is 2.77. The summed E-state index contributed by atoms with van der Waals surface area (Å²) in [4.78, 5) is 4.69. The Morgan fingerprint density at radius 3 is 2.36 bits per heavy atom. The molecule has 2 aromatic rings. The van der Waals surface area contributed by atoms with E-state index >= 15 is 0 Å². The average molecular weight is 359 g/mol. The molecule has 2 heteroatoms. The van der Waals surface area contributed by atoms with Crippen molar-refractivity contribution >= 4 is 13.3 Å². The summed E-state index contributed by atoms with van der Waals surface area (Å²) in [5, 5.41) is 1.03. The molecule has 1 aromatic heterocycles. The van der Waals surface area contributed by atoms with E-state index in [-0.39, 0.29) is 11.3 Å². The zero-order valence-electron chi connectivity index (χ0n) is 21.9. The average Bonchev–Trinajstić information content (AvgIpc) is 2.58. The number of hydrogen-bond acceptors (Lipinski definition) is 1. The largest absolute Gasteiger partial charge is 0.256 e. The van der Waals surface area contributed by atoms with Crippen molar-refractivity contribution in [2.24, 2.45) is 5.92 Å². The minimum atomic E-state index is -2.18. The van der Waals surface area contributed by atoms with Gasteiger partial charge in [-0.15, -0.1) is 0 Å². The quantitative estimate of drug-likeness (QED) is 0.602. The van der Waals surface area contributed by atoms with E-state index in [1.807, 2.05) is 52.9 Å². The Morgan fingerprint density at radius 1 is 1.16 bits per heavy atom. The second-order valence-electron chi connectivity index (χ2n) is 9.17. The van der Waals surface area contributed by atoms with Crippen molar-refractivity contribution in [3.63, 3.8) is 0 Å². The molecule has 0 spiro atoms. The van der Waals surface area contributed by atoms with Crippen LogP contribution in [-0.4, -0.2) is 13.1 Å². The van der Waals surface area contributed by atoms with E-state index in [0.717, 1.165) is 16.3 Å². The summed E-state index contributed by atoms with van der Waals surface area (Å²) in [6.45, 7) is 14.2. The SMILES string of the molecule is [2H]C([2H])([2H])c1ccc(-c2cc(C([2H])([2H])C(C)C)c([Si](C)(C)C)cn2)cc1C(C)(C)C. The first kappa shape index (κ1) is 13.7. The molecule has 0 aliphatic heterocycles. The van der Waals surface area contributed by atoms with E-state index < -0.39 is 21.3 Å². The highest BCUT2D eigenvalue weighted by atomic mass is 28.3. The molecule has 2 rings (SSSR count). The van der Waals surface area contributed by atoms with Crippen LogP contribution in [0, 0.1) is 12.8 Å². The maximum Gasteiger partial charge on any atom is 0.0799 e. The molecule has 0 amide bonds. The van der Waals surface area contributed by atoms with Crippen molar-refractivity contribution in [1.82, 2.24) is 4.98 Å². The lowest BCUT2D eigenvalue weighted by molar-refractivity contribution is 0.586. The first-order valence-electron chi connectivity index (χ1n) is 11.5. The van der Waals surface area contributed by atoms with Crippen LogP contribution in [-0.2, 0) is 11.8 Å². The summed E-state index contributed by atoms with van der Waals surface area (Å²) in [6, 6.07) is 7.26. The molecule has 1 heterocycles. The van der Waals surface area contributed by atoms with Crippen LogP contribution in [0.25, 0.3) is 11.3 Å². The van der Waals surface area contributed by atoms with Crippen molar-refractivity contribution in [3.8, 4) is 11.3 Å². The number of benzene rings is 1. The zero-order chi connectivity index (χ0) is 23.3. The fraction of sp³-hybridized carbons (Fsp3) is 0.522. The molecule has 0 saturated carbocycles. The van der Waals surface area contributed by atoms with Gasteiger partial charge in [-0.05, 0) is 58.6 Å². The van der Waals surface area contributed by atoms with Gasteiger partial charge in [0.15, 0.2) is 0 Å². The molecule has 0 saturated heterocycles. The smallest absolute Gasteiger partial charge is 0.0799 e. The summed E-state index contributed by atoms with van der Waals surface area (Å²) in [5.41, 5.74) is 2.99.